The van der Waals surface area contributed by atoms with E-state index in [0.717, 1.165) is 54.5 Å². The molecule has 0 saturated heterocycles. The van der Waals surface area contributed by atoms with Crippen molar-refractivity contribution in [3.8, 4) is 0 Å². The van der Waals surface area contributed by atoms with Crippen molar-refractivity contribution in [1.29, 1.82) is 0 Å². The van der Waals surface area contributed by atoms with Gasteiger partial charge in [-0.2, -0.15) is 0 Å². The van der Waals surface area contributed by atoms with Gasteiger partial charge in [0.25, 0.3) is 0 Å². The Morgan fingerprint density at radius 3 is 2.48 bits per heavy atom. The van der Waals surface area contributed by atoms with E-state index in [-0.39, 0.29) is 5.82 Å². The van der Waals surface area contributed by atoms with Crippen LogP contribution >= 0.6 is 0 Å². The third-order valence-corrected chi connectivity index (χ3v) is 4.21. The average Bonchev–Trinajstić information content (AvgIpc) is 2.93. The molecule has 0 aliphatic rings. The maximum atomic E-state index is 13.2. The Morgan fingerprint density at radius 2 is 1.84 bits per heavy atom. The zero-order chi connectivity index (χ0) is 17.6. The summed E-state index contributed by atoms with van der Waals surface area (Å²) in [6.07, 6.45) is 2.69. The molecule has 1 N–H and O–H groups in total. The van der Waals surface area contributed by atoms with Crippen LogP contribution in [0.15, 0.2) is 48.7 Å². The first-order valence-electron chi connectivity index (χ1n) is 8.49. The van der Waals surface area contributed by atoms with E-state index in [1.54, 1.807) is 0 Å². The highest BCUT2D eigenvalue weighted by Gasteiger charge is 2.12. The van der Waals surface area contributed by atoms with Gasteiger partial charge in [0.2, 0.25) is 0 Å². The monoisotopic (exact) mass is 338 g/mol. The lowest BCUT2D eigenvalue weighted by molar-refractivity contribution is 0.256. The Balaban J connectivity index is 1.72. The third-order valence-electron chi connectivity index (χ3n) is 4.21. The highest BCUT2D eigenvalue weighted by molar-refractivity contribution is 5.17. The summed E-state index contributed by atoms with van der Waals surface area (Å²) in [5, 5.41) is 0. The first-order valence-corrected chi connectivity index (χ1v) is 8.49. The van der Waals surface area contributed by atoms with E-state index in [2.05, 4.69) is 19.9 Å². The molecule has 3 rings (SSSR count). The highest BCUT2D eigenvalue weighted by atomic mass is 19.1. The molecule has 0 saturated carbocycles. The molecule has 0 unspecified atom stereocenters. The van der Waals surface area contributed by atoms with Gasteiger partial charge in [-0.3, -0.25) is 9.88 Å². The Labute approximate surface area is 147 Å². The SMILES string of the molecule is Cc1nc(CN(CCc2ccccn2)Cc2ccc(F)cc2)c(C)[nH]1. The van der Waals surface area contributed by atoms with Crippen molar-refractivity contribution in [3.63, 3.8) is 0 Å². The van der Waals surface area contributed by atoms with Gasteiger partial charge in [0.05, 0.1) is 5.69 Å². The smallest absolute Gasteiger partial charge is 0.123 e. The van der Waals surface area contributed by atoms with Gasteiger partial charge in [0.1, 0.15) is 11.6 Å². The van der Waals surface area contributed by atoms with E-state index in [9.17, 15) is 4.39 Å². The number of hydrogen-bond donors (Lipinski definition) is 1. The molecule has 0 atom stereocenters. The number of aromatic amines is 1. The zero-order valence-corrected chi connectivity index (χ0v) is 14.7. The van der Waals surface area contributed by atoms with Crippen molar-refractivity contribution in [2.45, 2.75) is 33.4 Å². The van der Waals surface area contributed by atoms with E-state index >= 15 is 0 Å². The number of nitrogens with one attached hydrogen (secondary N) is 1. The molecule has 3 aromatic rings. The van der Waals surface area contributed by atoms with Crippen LogP contribution in [0.2, 0.25) is 0 Å². The van der Waals surface area contributed by atoms with Gasteiger partial charge in [-0.05, 0) is 43.7 Å². The first kappa shape index (κ1) is 17.3. The minimum absolute atomic E-state index is 0.206. The Hall–Kier alpha value is -2.53. The maximum absolute atomic E-state index is 13.2. The molecule has 0 aliphatic carbocycles. The predicted octanol–water partition coefficient (Wildman–Crippen LogP) is 3.81. The maximum Gasteiger partial charge on any atom is 0.123 e. The number of nitrogens with zero attached hydrogens (tertiary/aromatic N) is 3. The summed E-state index contributed by atoms with van der Waals surface area (Å²) in [7, 11) is 0. The molecule has 4 nitrogen and oxygen atoms in total. The minimum atomic E-state index is -0.206. The summed E-state index contributed by atoms with van der Waals surface area (Å²) < 4.78 is 13.2. The fraction of sp³-hybridized carbons (Fsp3) is 0.300. The van der Waals surface area contributed by atoms with Crippen molar-refractivity contribution in [1.82, 2.24) is 19.9 Å². The molecule has 0 bridgehead atoms. The summed E-state index contributed by atoms with van der Waals surface area (Å²) in [5.74, 6) is 0.724. The Morgan fingerprint density at radius 1 is 1.04 bits per heavy atom. The number of H-pyrrole nitrogens is 1. The molecule has 0 radical (unpaired) electrons. The van der Waals surface area contributed by atoms with Crippen LogP contribution in [0.5, 0.6) is 0 Å². The van der Waals surface area contributed by atoms with Gasteiger partial charge in [0.15, 0.2) is 0 Å². The lowest BCUT2D eigenvalue weighted by atomic mass is 10.2. The number of aryl methyl sites for hydroxylation is 2. The summed E-state index contributed by atoms with van der Waals surface area (Å²) in [6.45, 7) is 6.37. The van der Waals surface area contributed by atoms with Gasteiger partial charge < -0.3 is 4.98 Å². The summed E-state index contributed by atoms with van der Waals surface area (Å²) >= 11 is 0. The molecule has 130 valence electrons. The van der Waals surface area contributed by atoms with Crippen LogP contribution in [0.3, 0.4) is 0 Å². The molecular formula is C20H23FN4. The van der Waals surface area contributed by atoms with E-state index in [0.29, 0.717) is 0 Å². The van der Waals surface area contributed by atoms with Crippen molar-refractivity contribution in [3.05, 3.63) is 82.9 Å². The second-order valence-corrected chi connectivity index (χ2v) is 6.30. The number of pyridine rings is 1. The van der Waals surface area contributed by atoms with E-state index < -0.39 is 0 Å². The quantitative estimate of drug-likeness (QED) is 0.712. The fourth-order valence-corrected chi connectivity index (χ4v) is 2.90. The number of imidazole rings is 1. The van der Waals surface area contributed by atoms with Crippen LogP contribution in [0.25, 0.3) is 0 Å². The third kappa shape index (κ3) is 4.97. The lowest BCUT2D eigenvalue weighted by Crippen LogP contribution is -2.26. The van der Waals surface area contributed by atoms with Gasteiger partial charge in [-0.15, -0.1) is 0 Å². The molecule has 2 aromatic heterocycles. The second-order valence-electron chi connectivity index (χ2n) is 6.30. The Kier molecular flexibility index (Phi) is 5.56. The first-order chi connectivity index (χ1) is 12.1. The molecule has 0 fully saturated rings. The average molecular weight is 338 g/mol. The molecule has 0 amide bonds. The normalized spacial score (nSPS) is 11.2. The number of hydrogen-bond acceptors (Lipinski definition) is 3. The lowest BCUT2D eigenvalue weighted by Gasteiger charge is -2.22. The summed E-state index contributed by atoms with van der Waals surface area (Å²) in [6, 6.07) is 12.7. The van der Waals surface area contributed by atoms with E-state index in [4.69, 9.17) is 0 Å². The van der Waals surface area contributed by atoms with Crippen molar-refractivity contribution < 1.29 is 4.39 Å². The molecule has 0 aliphatic heterocycles. The van der Waals surface area contributed by atoms with Crippen molar-refractivity contribution in [2.24, 2.45) is 0 Å². The molecule has 25 heavy (non-hydrogen) atoms. The largest absolute Gasteiger partial charge is 0.346 e. The molecule has 2 heterocycles. The minimum Gasteiger partial charge on any atom is -0.346 e. The van der Waals surface area contributed by atoms with Crippen LogP contribution in [0, 0.1) is 19.7 Å². The Bertz CT molecular complexity index is 796. The summed E-state index contributed by atoms with van der Waals surface area (Å²) in [5.41, 5.74) is 4.31. The van der Waals surface area contributed by atoms with Gasteiger partial charge >= 0.3 is 0 Å². The highest BCUT2D eigenvalue weighted by Crippen LogP contribution is 2.13. The standard InChI is InChI=1S/C20H23FN4/c1-15-20(24-16(2)23-15)14-25(12-10-19-5-3-4-11-22-19)13-17-6-8-18(21)9-7-17/h3-9,11H,10,12-14H2,1-2H3,(H,23,24). The molecular weight excluding hydrogens is 315 g/mol. The fourth-order valence-electron chi connectivity index (χ4n) is 2.90. The molecule has 1 aromatic carbocycles. The van der Waals surface area contributed by atoms with Gasteiger partial charge in [0, 0.05) is 43.6 Å². The van der Waals surface area contributed by atoms with Gasteiger partial charge in [-0.1, -0.05) is 18.2 Å². The second kappa shape index (κ2) is 8.03. The molecule has 0 spiro atoms. The van der Waals surface area contributed by atoms with E-state index in [1.807, 2.05) is 50.4 Å². The zero-order valence-electron chi connectivity index (χ0n) is 14.7. The number of rotatable bonds is 7. The summed E-state index contributed by atoms with van der Waals surface area (Å²) in [4.78, 5) is 14.6. The number of halogens is 1. The van der Waals surface area contributed by atoms with Crippen molar-refractivity contribution in [2.75, 3.05) is 6.54 Å². The predicted molar refractivity (Wildman–Crippen MR) is 96.5 cm³/mol. The van der Waals surface area contributed by atoms with Crippen LogP contribution in [-0.2, 0) is 19.5 Å². The number of aromatic nitrogens is 3. The van der Waals surface area contributed by atoms with Gasteiger partial charge in [-0.25, -0.2) is 9.37 Å². The topological polar surface area (TPSA) is 44.8 Å². The van der Waals surface area contributed by atoms with Crippen molar-refractivity contribution >= 4 is 0 Å². The molecule has 5 heteroatoms. The van der Waals surface area contributed by atoms with Crippen LogP contribution in [0.1, 0.15) is 28.5 Å². The van der Waals surface area contributed by atoms with Crippen LogP contribution in [0.4, 0.5) is 4.39 Å². The van der Waals surface area contributed by atoms with Crippen LogP contribution < -0.4 is 0 Å². The van der Waals surface area contributed by atoms with Crippen LogP contribution in [-0.4, -0.2) is 26.4 Å². The van der Waals surface area contributed by atoms with E-state index in [1.165, 1.54) is 12.1 Å². The number of benzene rings is 1.